The minimum absolute atomic E-state index is 0.0952. The first-order chi connectivity index (χ1) is 31.1. The van der Waals surface area contributed by atoms with Gasteiger partial charge in [0.1, 0.15) is 36.1 Å². The summed E-state index contributed by atoms with van der Waals surface area (Å²) in [5, 5.41) is 7.57. The number of ether oxygens (including phenoxy) is 3. The van der Waals surface area contributed by atoms with E-state index in [1.807, 2.05) is 55.1 Å². The number of hydrogen-bond acceptors (Lipinski definition) is 9. The average molecular weight is 865 g/mol. The number of carbonyl (C=O) groups is 4. The third kappa shape index (κ3) is 7.25. The zero-order valence-electron chi connectivity index (χ0n) is 36.4. The van der Waals surface area contributed by atoms with Crippen molar-refractivity contribution in [3.63, 3.8) is 0 Å². The number of methoxy groups -OCH3 is 2. The second-order valence-corrected chi connectivity index (χ2v) is 17.8. The molecule has 15 heteroatoms. The van der Waals surface area contributed by atoms with Crippen LogP contribution in [0.2, 0.25) is 0 Å². The molecule has 330 valence electrons. The second-order valence-electron chi connectivity index (χ2n) is 17.8. The SMILES string of the molecule is COC(=O)N[C@H](C(=O)N1C2CCCC2C[C@H]1c1nc2c(ccc3cc4c(cc32)COc2cc(-c3cnc(C5CCCN5C(=O)[C@H](NC(=O)OC)c5ccccc5)[nH]3)ccc2-4)[nH]1)C(C)C. The number of carbonyl (C=O) groups excluding carboxylic acids is 4. The van der Waals surface area contributed by atoms with Crippen molar-refractivity contribution in [2.24, 2.45) is 11.8 Å². The number of alkyl carbamates (subject to hydrolysis) is 2. The minimum atomic E-state index is -0.897. The fourth-order valence-electron chi connectivity index (χ4n) is 10.6. The van der Waals surface area contributed by atoms with Crippen molar-refractivity contribution in [2.45, 2.75) is 89.2 Å². The zero-order chi connectivity index (χ0) is 44.2. The van der Waals surface area contributed by atoms with E-state index in [-0.39, 0.29) is 35.9 Å². The van der Waals surface area contributed by atoms with Crippen LogP contribution in [0.1, 0.15) is 93.3 Å². The normalized spacial score (nSPS) is 21.0. The lowest BCUT2D eigenvalue weighted by Gasteiger charge is -2.33. The van der Waals surface area contributed by atoms with Crippen LogP contribution in [-0.4, -0.2) is 86.6 Å². The summed E-state index contributed by atoms with van der Waals surface area (Å²) in [6.45, 7) is 4.79. The molecule has 10 rings (SSSR count). The van der Waals surface area contributed by atoms with Gasteiger partial charge in [0.15, 0.2) is 0 Å². The number of likely N-dealkylation sites (tertiary alicyclic amines) is 2. The summed E-state index contributed by atoms with van der Waals surface area (Å²) in [4.78, 5) is 73.8. The number of amides is 4. The number of benzene rings is 4. The van der Waals surface area contributed by atoms with Gasteiger partial charge in [-0.15, -0.1) is 0 Å². The van der Waals surface area contributed by atoms with Crippen molar-refractivity contribution in [1.29, 1.82) is 0 Å². The molecule has 4 aliphatic rings. The highest BCUT2D eigenvalue weighted by Gasteiger charge is 2.49. The van der Waals surface area contributed by atoms with E-state index in [1.54, 1.807) is 11.1 Å². The number of rotatable bonds is 9. The summed E-state index contributed by atoms with van der Waals surface area (Å²) in [5.74, 6) is 2.15. The van der Waals surface area contributed by atoms with Gasteiger partial charge in [-0.05, 0) is 96.3 Å². The Morgan fingerprint density at radius 2 is 1.64 bits per heavy atom. The third-order valence-electron chi connectivity index (χ3n) is 13.8. The molecule has 2 aromatic heterocycles. The molecule has 3 fully saturated rings. The van der Waals surface area contributed by atoms with Crippen molar-refractivity contribution < 1.29 is 33.4 Å². The van der Waals surface area contributed by atoms with Gasteiger partial charge in [-0.2, -0.15) is 0 Å². The zero-order valence-corrected chi connectivity index (χ0v) is 36.4. The van der Waals surface area contributed by atoms with Crippen LogP contribution >= 0.6 is 0 Å². The van der Waals surface area contributed by atoms with E-state index < -0.39 is 24.3 Å². The highest BCUT2D eigenvalue weighted by atomic mass is 16.5. The fourth-order valence-corrected chi connectivity index (χ4v) is 10.6. The lowest BCUT2D eigenvalue weighted by molar-refractivity contribution is -0.138. The number of imidazole rings is 2. The van der Waals surface area contributed by atoms with Gasteiger partial charge < -0.3 is 44.6 Å². The number of hydrogen-bond donors (Lipinski definition) is 4. The Balaban J connectivity index is 0.906. The molecule has 3 aliphatic heterocycles. The predicted octanol–water partition coefficient (Wildman–Crippen LogP) is 8.25. The molecule has 15 nitrogen and oxygen atoms in total. The van der Waals surface area contributed by atoms with Crippen LogP contribution in [0.25, 0.3) is 44.2 Å². The average Bonchev–Trinajstić information content (AvgIpc) is 4.17. The Morgan fingerprint density at radius 1 is 0.828 bits per heavy atom. The molecule has 64 heavy (non-hydrogen) atoms. The minimum Gasteiger partial charge on any atom is -0.488 e. The van der Waals surface area contributed by atoms with E-state index in [4.69, 9.17) is 24.2 Å². The smallest absolute Gasteiger partial charge is 0.407 e. The Hall–Kier alpha value is -6.90. The number of aromatic amines is 2. The number of fused-ring (bicyclic) bond motifs is 7. The molecular formula is C49H52N8O7. The first-order valence-corrected chi connectivity index (χ1v) is 22.2. The van der Waals surface area contributed by atoms with Crippen molar-refractivity contribution in [3.05, 3.63) is 102 Å². The maximum atomic E-state index is 14.3. The summed E-state index contributed by atoms with van der Waals surface area (Å²) in [6.07, 6.45) is 5.95. The molecule has 4 amide bonds. The summed E-state index contributed by atoms with van der Waals surface area (Å²) in [7, 11) is 2.59. The van der Waals surface area contributed by atoms with Gasteiger partial charge in [0.25, 0.3) is 5.91 Å². The highest BCUT2D eigenvalue weighted by molar-refractivity contribution is 6.06. The van der Waals surface area contributed by atoms with E-state index in [1.165, 1.54) is 14.2 Å². The van der Waals surface area contributed by atoms with Gasteiger partial charge >= 0.3 is 12.2 Å². The molecule has 4 aromatic carbocycles. The number of nitrogens with one attached hydrogen (secondary N) is 4. The molecule has 5 heterocycles. The number of H-pyrrole nitrogens is 2. The molecule has 3 unspecified atom stereocenters. The van der Waals surface area contributed by atoms with Crippen molar-refractivity contribution in [3.8, 4) is 28.1 Å². The summed E-state index contributed by atoms with van der Waals surface area (Å²) in [5.41, 5.74) is 7.26. The first kappa shape index (κ1) is 41.1. The van der Waals surface area contributed by atoms with Gasteiger partial charge in [0.05, 0.1) is 49.2 Å². The monoisotopic (exact) mass is 864 g/mol. The maximum absolute atomic E-state index is 14.3. The molecular weight excluding hydrogens is 813 g/mol. The second kappa shape index (κ2) is 16.7. The van der Waals surface area contributed by atoms with Crippen molar-refractivity contribution in [1.82, 2.24) is 40.4 Å². The van der Waals surface area contributed by atoms with E-state index in [0.717, 1.165) is 99.9 Å². The summed E-state index contributed by atoms with van der Waals surface area (Å²) < 4.78 is 16.2. The van der Waals surface area contributed by atoms with Crippen LogP contribution in [0, 0.1) is 11.8 Å². The van der Waals surface area contributed by atoms with Crippen LogP contribution in [0.4, 0.5) is 9.59 Å². The molecule has 6 atom stereocenters. The van der Waals surface area contributed by atoms with E-state index in [9.17, 15) is 19.2 Å². The molecule has 1 saturated carbocycles. The van der Waals surface area contributed by atoms with E-state index in [2.05, 4.69) is 57.0 Å². The third-order valence-corrected chi connectivity index (χ3v) is 13.8. The Morgan fingerprint density at radius 3 is 2.44 bits per heavy atom. The van der Waals surface area contributed by atoms with Gasteiger partial charge in [0.2, 0.25) is 5.91 Å². The molecule has 6 aromatic rings. The van der Waals surface area contributed by atoms with Gasteiger partial charge in [-0.25, -0.2) is 19.6 Å². The molecule has 2 saturated heterocycles. The lowest BCUT2D eigenvalue weighted by Crippen LogP contribution is -2.53. The van der Waals surface area contributed by atoms with Gasteiger partial charge in [-0.3, -0.25) is 9.59 Å². The van der Waals surface area contributed by atoms with Crippen LogP contribution < -0.4 is 15.4 Å². The van der Waals surface area contributed by atoms with Crippen LogP contribution in [0.15, 0.2) is 79.0 Å². The molecule has 1 aliphatic carbocycles. The highest BCUT2D eigenvalue weighted by Crippen LogP contribution is 2.48. The topological polar surface area (TPSA) is 184 Å². The number of nitrogens with zero attached hydrogens (tertiary/aromatic N) is 4. The Labute approximate surface area is 370 Å². The van der Waals surface area contributed by atoms with E-state index in [0.29, 0.717) is 30.5 Å². The fraction of sp³-hybridized carbons (Fsp3) is 0.388. The molecule has 4 N–H and O–H groups in total. The largest absolute Gasteiger partial charge is 0.488 e. The predicted molar refractivity (Wildman–Crippen MR) is 239 cm³/mol. The lowest BCUT2D eigenvalue weighted by atomic mass is 9.92. The van der Waals surface area contributed by atoms with Crippen molar-refractivity contribution >= 4 is 45.8 Å². The molecule has 0 spiro atoms. The summed E-state index contributed by atoms with van der Waals surface area (Å²) in [6, 6.07) is 21.9. The Bertz CT molecular complexity index is 2780. The first-order valence-electron chi connectivity index (χ1n) is 22.2. The van der Waals surface area contributed by atoms with Gasteiger partial charge in [0, 0.05) is 29.1 Å². The molecule has 0 radical (unpaired) electrons. The maximum Gasteiger partial charge on any atom is 0.407 e. The van der Waals surface area contributed by atoms with Crippen LogP contribution in [0.5, 0.6) is 5.75 Å². The van der Waals surface area contributed by atoms with E-state index >= 15 is 0 Å². The quantitative estimate of drug-likeness (QED) is 0.111. The van der Waals surface area contributed by atoms with Crippen molar-refractivity contribution in [2.75, 3.05) is 20.8 Å². The van der Waals surface area contributed by atoms with Crippen LogP contribution in [-0.2, 0) is 25.7 Å². The summed E-state index contributed by atoms with van der Waals surface area (Å²) >= 11 is 0. The van der Waals surface area contributed by atoms with Crippen LogP contribution in [0.3, 0.4) is 0 Å². The standard InChI is InChI=1S/C49H52N8O7/c1-26(2)41(54-48(60)62-3)47(59)57-37-13-8-12-30(37)22-39(57)45-51-35-18-16-28-20-33-31(21-34(28)43(35)53-45)25-64-40-23-29(15-17-32(33)40)36-24-50-44(52-36)38-14-9-19-56(38)46(58)42(55-49(61)63-4)27-10-6-5-7-11-27/h5-7,10-11,15-18,20-21,23-24,26,30,37-39,41-42H,8-9,12-14,19,22,25H2,1-4H3,(H,50,52)(H,51,53)(H,54,60)(H,55,61)/t30?,37?,38?,39-,41-,42+/m0/s1. The molecule has 0 bridgehead atoms. The Kier molecular flexibility index (Phi) is 10.7. The number of aromatic nitrogens is 4. The van der Waals surface area contributed by atoms with Gasteiger partial charge in [-0.1, -0.05) is 62.7 Å².